The summed E-state index contributed by atoms with van der Waals surface area (Å²) in [5, 5.41) is 8.72. The van der Waals surface area contributed by atoms with Crippen molar-refractivity contribution < 1.29 is 26.7 Å². The molecule has 32 heavy (non-hydrogen) atoms. The fourth-order valence-corrected chi connectivity index (χ4v) is 3.87. The standard InChI is InChI=1S/C8H15N3O3S.C6H11N3O2S.C2H4O.2CH4/c1-7-9-8(4-5-12)6-11(7)15(13,14)10(2)3;1-6-7-4-5-9(6)12(10,11)8(2)3;1-2-3-1;;/h6,12H,4-5H2,1-3H3;4-5H,1-3H3;1-2H2;2*1H4. The second-order valence-electron chi connectivity index (χ2n) is 6.51. The maximum Gasteiger partial charge on any atom is 0.308 e. The predicted octanol–water partition coefficient (Wildman–Crippen LogP) is 0.516. The lowest BCUT2D eigenvalue weighted by molar-refractivity contribution is 0.298. The third-order valence-electron chi connectivity index (χ3n) is 3.67. The van der Waals surface area contributed by atoms with Crippen LogP contribution in [0, 0.1) is 13.8 Å². The van der Waals surface area contributed by atoms with Crippen molar-refractivity contribution in [1.29, 1.82) is 0 Å². The van der Waals surface area contributed by atoms with Crippen molar-refractivity contribution in [2.75, 3.05) is 48.0 Å². The average Bonchev–Trinajstić information content (AvgIpc) is 3.39. The minimum absolute atomic E-state index is 0. The number of aliphatic hydroxyl groups is 1. The number of aromatic nitrogens is 4. The van der Waals surface area contributed by atoms with E-state index >= 15 is 0 Å². The number of hydrogen-bond acceptors (Lipinski definition) is 8. The highest BCUT2D eigenvalue weighted by Gasteiger charge is 2.19. The lowest BCUT2D eigenvalue weighted by Crippen LogP contribution is -2.29. The summed E-state index contributed by atoms with van der Waals surface area (Å²) in [6.45, 7) is 5.21. The van der Waals surface area contributed by atoms with Crippen LogP contribution in [0.3, 0.4) is 0 Å². The maximum absolute atomic E-state index is 11.8. The van der Waals surface area contributed by atoms with Gasteiger partial charge >= 0.3 is 20.4 Å². The van der Waals surface area contributed by atoms with Crippen molar-refractivity contribution in [1.82, 2.24) is 26.5 Å². The molecule has 1 N–H and O–H groups in total. The highest BCUT2D eigenvalue weighted by atomic mass is 32.2. The Bertz CT molecular complexity index is 1010. The molecule has 0 spiro atoms. The predicted molar refractivity (Wildman–Crippen MR) is 125 cm³/mol. The zero-order valence-corrected chi connectivity index (χ0v) is 19.7. The first kappa shape index (κ1) is 32.3. The Morgan fingerprint density at radius 1 is 0.969 bits per heavy atom. The fourth-order valence-electron chi connectivity index (χ4n) is 1.95. The van der Waals surface area contributed by atoms with Gasteiger partial charge in [-0.3, -0.25) is 0 Å². The molecular weight excluding hydrogens is 460 g/mol. The summed E-state index contributed by atoms with van der Waals surface area (Å²) < 4.78 is 55.4. The summed E-state index contributed by atoms with van der Waals surface area (Å²) in [6.07, 6.45) is 4.67. The highest BCUT2D eigenvalue weighted by molar-refractivity contribution is 7.87. The van der Waals surface area contributed by atoms with Crippen molar-refractivity contribution in [2.24, 2.45) is 0 Å². The van der Waals surface area contributed by atoms with E-state index in [-0.39, 0.29) is 21.5 Å². The Balaban J connectivity index is 0. The van der Waals surface area contributed by atoms with Crippen molar-refractivity contribution in [3.63, 3.8) is 0 Å². The molecule has 2 aromatic heterocycles. The normalized spacial score (nSPS) is 12.7. The molecule has 1 fully saturated rings. The Kier molecular flexibility index (Phi) is 13.8. The molecule has 1 aliphatic rings. The molecule has 0 radical (unpaired) electrons. The largest absolute Gasteiger partial charge is 0.396 e. The maximum atomic E-state index is 11.8. The van der Waals surface area contributed by atoms with Crippen LogP contribution in [0.2, 0.25) is 0 Å². The molecule has 0 aliphatic carbocycles. The first-order chi connectivity index (χ1) is 13.9. The molecule has 188 valence electrons. The van der Waals surface area contributed by atoms with Gasteiger partial charge in [0.25, 0.3) is 0 Å². The van der Waals surface area contributed by atoms with E-state index in [0.29, 0.717) is 23.8 Å². The van der Waals surface area contributed by atoms with E-state index in [1.807, 2.05) is 0 Å². The van der Waals surface area contributed by atoms with Gasteiger partial charge in [-0.05, 0) is 13.8 Å². The van der Waals surface area contributed by atoms with Crippen molar-refractivity contribution >= 4 is 20.4 Å². The molecule has 1 saturated heterocycles. The summed E-state index contributed by atoms with van der Waals surface area (Å²) in [5.74, 6) is 0.857. The van der Waals surface area contributed by atoms with Gasteiger partial charge in [0.1, 0.15) is 11.6 Å². The number of ether oxygens (including phenoxy) is 1. The van der Waals surface area contributed by atoms with Gasteiger partial charge in [-0.15, -0.1) is 0 Å². The molecule has 2 aromatic rings. The Morgan fingerprint density at radius 3 is 1.78 bits per heavy atom. The van der Waals surface area contributed by atoms with Crippen LogP contribution in [0.4, 0.5) is 0 Å². The van der Waals surface area contributed by atoms with Gasteiger partial charge in [-0.25, -0.2) is 17.9 Å². The second-order valence-corrected chi connectivity index (χ2v) is 10.6. The SMILES string of the molecule is C.C.C1CO1.Cc1nc(CCO)cn1S(=O)(=O)N(C)C.Cc1nccn1S(=O)(=O)N(C)C. The van der Waals surface area contributed by atoms with E-state index in [4.69, 9.17) is 5.11 Å². The van der Waals surface area contributed by atoms with Crippen LogP contribution in [0.5, 0.6) is 0 Å². The first-order valence-electron chi connectivity index (χ1n) is 8.95. The molecule has 0 amide bonds. The van der Waals surface area contributed by atoms with Crippen LogP contribution in [0.15, 0.2) is 18.6 Å². The molecule has 0 atom stereocenters. The number of nitrogens with zero attached hydrogens (tertiary/aromatic N) is 6. The van der Waals surface area contributed by atoms with Gasteiger partial charge in [-0.1, -0.05) is 14.9 Å². The van der Waals surface area contributed by atoms with E-state index in [9.17, 15) is 16.8 Å². The fraction of sp³-hybridized carbons (Fsp3) is 0.667. The minimum atomic E-state index is -3.50. The first-order valence-corrected chi connectivity index (χ1v) is 11.7. The highest BCUT2D eigenvalue weighted by Crippen LogP contribution is 2.09. The lowest BCUT2D eigenvalue weighted by Gasteiger charge is -2.12. The molecular formula is C18H38N6O6S2. The Morgan fingerprint density at radius 2 is 1.44 bits per heavy atom. The second kappa shape index (κ2) is 13.6. The van der Waals surface area contributed by atoms with Gasteiger partial charge in [0.05, 0.1) is 18.9 Å². The average molecular weight is 499 g/mol. The van der Waals surface area contributed by atoms with E-state index in [1.165, 1.54) is 46.8 Å². The van der Waals surface area contributed by atoms with Gasteiger partial charge in [0, 0.05) is 59.8 Å². The third kappa shape index (κ3) is 8.96. The molecule has 14 heteroatoms. The van der Waals surface area contributed by atoms with Crippen LogP contribution in [0.1, 0.15) is 32.2 Å². The molecule has 3 heterocycles. The minimum Gasteiger partial charge on any atom is -0.396 e. The van der Waals surface area contributed by atoms with Crippen LogP contribution >= 0.6 is 0 Å². The monoisotopic (exact) mass is 498 g/mol. The van der Waals surface area contributed by atoms with E-state index < -0.39 is 20.4 Å². The number of epoxide rings is 1. The van der Waals surface area contributed by atoms with Crippen LogP contribution in [-0.4, -0.2) is 96.5 Å². The van der Waals surface area contributed by atoms with Gasteiger partial charge in [0.2, 0.25) is 0 Å². The zero-order valence-electron chi connectivity index (χ0n) is 18.0. The molecule has 1 aliphatic heterocycles. The smallest absolute Gasteiger partial charge is 0.308 e. The number of aryl methyl sites for hydroxylation is 2. The van der Waals surface area contributed by atoms with Crippen molar-refractivity contribution in [3.05, 3.63) is 35.9 Å². The summed E-state index contributed by atoms with van der Waals surface area (Å²) in [6, 6.07) is 0. The zero-order chi connectivity index (χ0) is 23.1. The van der Waals surface area contributed by atoms with E-state index in [0.717, 1.165) is 29.8 Å². The lowest BCUT2D eigenvalue weighted by atomic mass is 10.4. The van der Waals surface area contributed by atoms with Gasteiger partial charge in [0.15, 0.2) is 0 Å². The summed E-state index contributed by atoms with van der Waals surface area (Å²) in [4.78, 5) is 7.87. The van der Waals surface area contributed by atoms with Crippen molar-refractivity contribution in [2.45, 2.75) is 35.1 Å². The van der Waals surface area contributed by atoms with Crippen molar-refractivity contribution in [3.8, 4) is 0 Å². The Hall–Kier alpha value is -1.84. The number of imidazole rings is 2. The van der Waals surface area contributed by atoms with Crippen LogP contribution in [-0.2, 0) is 31.6 Å². The quantitative estimate of drug-likeness (QED) is 0.568. The number of hydrogen-bond donors (Lipinski definition) is 1. The number of rotatable bonds is 6. The van der Waals surface area contributed by atoms with E-state index in [1.54, 1.807) is 13.8 Å². The molecule has 0 saturated carbocycles. The van der Waals surface area contributed by atoms with Crippen LogP contribution in [0.25, 0.3) is 0 Å². The molecule has 0 aromatic carbocycles. The molecule has 3 rings (SSSR count). The van der Waals surface area contributed by atoms with E-state index in [2.05, 4.69) is 14.7 Å². The van der Waals surface area contributed by atoms with Gasteiger partial charge < -0.3 is 9.84 Å². The molecule has 0 unspecified atom stereocenters. The summed E-state index contributed by atoms with van der Waals surface area (Å²) in [5.41, 5.74) is 0.570. The number of aliphatic hydroxyl groups excluding tert-OH is 1. The van der Waals surface area contributed by atoms with Crippen LogP contribution < -0.4 is 0 Å². The third-order valence-corrected chi connectivity index (χ3v) is 7.26. The summed E-state index contributed by atoms with van der Waals surface area (Å²) in [7, 11) is -0.996. The molecule has 0 bridgehead atoms. The summed E-state index contributed by atoms with van der Waals surface area (Å²) >= 11 is 0. The van der Waals surface area contributed by atoms with Gasteiger partial charge in [-0.2, -0.15) is 25.4 Å². The molecule has 12 nitrogen and oxygen atoms in total. The topological polar surface area (TPSA) is 143 Å². The Labute approximate surface area is 192 Å².